The third-order valence-electron chi connectivity index (χ3n) is 11.7. The van der Waals surface area contributed by atoms with Gasteiger partial charge in [-0.05, 0) is 71.3 Å². The lowest BCUT2D eigenvalue weighted by molar-refractivity contribution is -0.164. The smallest absolute Gasteiger partial charge is 0.335 e. The molecule has 1 saturated heterocycles. The maximum atomic E-state index is 14.6. The predicted molar refractivity (Wildman–Crippen MR) is 255 cm³/mol. The number of carbonyl (C=O) groups is 10. The molecule has 72 heavy (non-hydrogen) atoms. The number of hydroxylamine groups is 4. The fourth-order valence-corrected chi connectivity index (χ4v) is 7.52. The van der Waals surface area contributed by atoms with Gasteiger partial charge < -0.3 is 68.7 Å². The van der Waals surface area contributed by atoms with E-state index in [2.05, 4.69) is 50.7 Å². The maximum Gasteiger partial charge on any atom is 0.335 e. The quantitative estimate of drug-likeness (QED) is 0.0164. The summed E-state index contributed by atoms with van der Waals surface area (Å²) in [6, 6.07) is -11.3. The number of cyclic esters (lactones) is 1. The number of urea groups is 1. The Morgan fingerprint density at radius 1 is 0.764 bits per heavy atom. The molecular formula is C45H79N11O16. The first-order valence-electron chi connectivity index (χ1n) is 24.4. The molecular weight excluding hydrogens is 951 g/mol. The second-order valence-electron chi connectivity index (χ2n) is 17.6. The Bertz CT molecular complexity index is 1790. The number of hydrogen-bond acceptors (Lipinski definition) is 17. The topological polar surface area (TPSA) is 424 Å². The average molecular weight is 1030 g/mol. The van der Waals surface area contributed by atoms with Crippen molar-refractivity contribution in [3.05, 3.63) is 12.8 Å². The molecule has 9 amide bonds. The molecule has 1 rings (SSSR count). The number of hydrogen-bond donors (Lipinski definition) is 14. The fraction of sp³-hybridized carbons (Fsp3) is 0.733. The molecule has 9 atom stereocenters. The van der Waals surface area contributed by atoms with Gasteiger partial charge in [-0.2, -0.15) is 0 Å². The molecule has 1 aliphatic heterocycles. The van der Waals surface area contributed by atoms with Gasteiger partial charge >= 0.3 is 18.0 Å². The largest absolute Gasteiger partial charge is 0.479 e. The predicted octanol–water partition coefficient (Wildman–Crippen LogP) is -2.14. The summed E-state index contributed by atoms with van der Waals surface area (Å²) < 4.78 is 6.06. The summed E-state index contributed by atoms with van der Waals surface area (Å²) >= 11 is 0. The Morgan fingerprint density at radius 3 is 1.88 bits per heavy atom. The SMILES string of the molecule is C=CN(O)CCCC(NC(=O)CCCCCCCCC)C1OC(=O)C(CCCN(O)C(C)=O)NC(=O)C(CCCNC(N)=O)NC(=O)C(CCCN)NC(=O)C(CO)NC(=O)C(C(O)C(=O)O)NC(=O)C1C. The van der Waals surface area contributed by atoms with Crippen LogP contribution in [-0.2, 0) is 47.9 Å². The minimum atomic E-state index is -2.69. The highest BCUT2D eigenvalue weighted by molar-refractivity contribution is 5.98. The van der Waals surface area contributed by atoms with Crippen molar-refractivity contribution in [1.82, 2.24) is 47.3 Å². The number of aliphatic carboxylic acids is 1. The number of carbonyl (C=O) groups excluding carboxylic acids is 9. The number of rotatable bonds is 29. The van der Waals surface area contributed by atoms with Crippen LogP contribution in [0.5, 0.6) is 0 Å². The zero-order valence-electron chi connectivity index (χ0n) is 41.6. The van der Waals surface area contributed by atoms with Gasteiger partial charge in [0.25, 0.3) is 0 Å². The van der Waals surface area contributed by atoms with Gasteiger partial charge in [-0.15, -0.1) is 0 Å². The number of aliphatic hydroxyl groups excluding tert-OH is 2. The number of ether oxygens (including phenoxy) is 1. The Kier molecular flexibility index (Phi) is 31.1. The second-order valence-corrected chi connectivity index (χ2v) is 17.6. The van der Waals surface area contributed by atoms with Gasteiger partial charge in [0.1, 0.15) is 36.3 Å². The maximum absolute atomic E-state index is 14.6. The number of aliphatic hydroxyl groups is 2. The van der Waals surface area contributed by atoms with Gasteiger partial charge in [0, 0.05) is 39.2 Å². The molecule has 1 aliphatic rings. The normalized spacial score (nSPS) is 22.4. The van der Waals surface area contributed by atoms with Crippen LogP contribution in [0.1, 0.15) is 124 Å². The van der Waals surface area contributed by atoms with Crippen molar-refractivity contribution >= 4 is 59.3 Å². The minimum absolute atomic E-state index is 0.00139. The number of carboxylic acids is 1. The zero-order chi connectivity index (χ0) is 54.3. The van der Waals surface area contributed by atoms with Gasteiger partial charge in [0.2, 0.25) is 41.4 Å². The van der Waals surface area contributed by atoms with Crippen LogP contribution >= 0.6 is 0 Å². The summed E-state index contributed by atoms with van der Waals surface area (Å²) in [4.78, 5) is 134. The van der Waals surface area contributed by atoms with Crippen LogP contribution in [0.15, 0.2) is 12.8 Å². The summed E-state index contributed by atoms with van der Waals surface area (Å²) in [7, 11) is 0. The summed E-state index contributed by atoms with van der Waals surface area (Å²) in [5.41, 5.74) is 10.9. The Hall–Kier alpha value is -6.16. The molecule has 27 heteroatoms. The van der Waals surface area contributed by atoms with E-state index >= 15 is 0 Å². The molecule has 1 fully saturated rings. The van der Waals surface area contributed by atoms with Crippen LogP contribution in [-0.4, -0.2) is 176 Å². The van der Waals surface area contributed by atoms with Crippen LogP contribution in [0.25, 0.3) is 0 Å². The molecule has 0 aliphatic carbocycles. The molecule has 0 aromatic rings. The average Bonchev–Trinajstić information content (AvgIpc) is 3.33. The molecule has 16 N–H and O–H groups in total. The zero-order valence-corrected chi connectivity index (χ0v) is 41.6. The molecule has 0 saturated carbocycles. The van der Waals surface area contributed by atoms with Crippen molar-refractivity contribution in [1.29, 1.82) is 0 Å². The van der Waals surface area contributed by atoms with Crippen molar-refractivity contribution in [2.75, 3.05) is 32.8 Å². The molecule has 410 valence electrons. The first-order valence-corrected chi connectivity index (χ1v) is 24.4. The number of esters is 1. The van der Waals surface area contributed by atoms with E-state index < -0.39 is 120 Å². The lowest BCUT2D eigenvalue weighted by Crippen LogP contribution is -2.62. The lowest BCUT2D eigenvalue weighted by atomic mass is 9.92. The fourth-order valence-electron chi connectivity index (χ4n) is 7.52. The first kappa shape index (κ1) is 63.9. The number of carboxylic acid groups (broad SMARTS) is 1. The number of nitrogens with two attached hydrogens (primary N) is 2. The van der Waals surface area contributed by atoms with Crippen LogP contribution in [0.2, 0.25) is 0 Å². The first-order chi connectivity index (χ1) is 34.1. The van der Waals surface area contributed by atoms with Crippen molar-refractivity contribution in [2.24, 2.45) is 17.4 Å². The molecule has 27 nitrogen and oxygen atoms in total. The molecule has 1 heterocycles. The molecule has 9 unspecified atom stereocenters. The van der Waals surface area contributed by atoms with E-state index in [1.54, 1.807) is 0 Å². The van der Waals surface area contributed by atoms with Gasteiger partial charge in [0.05, 0.1) is 18.6 Å². The third kappa shape index (κ3) is 24.3. The van der Waals surface area contributed by atoms with E-state index in [1.165, 1.54) is 6.92 Å². The molecule has 0 aromatic carbocycles. The van der Waals surface area contributed by atoms with Crippen LogP contribution in [0.3, 0.4) is 0 Å². The van der Waals surface area contributed by atoms with E-state index in [0.717, 1.165) is 50.3 Å². The Labute approximate surface area is 419 Å². The number of amides is 9. The highest BCUT2D eigenvalue weighted by atomic mass is 16.5. The van der Waals surface area contributed by atoms with Gasteiger partial charge in [0.15, 0.2) is 6.10 Å². The standard InChI is InChI=1S/C45H79N11O16/c1-5-7-8-9-10-11-12-21-34(59)49-29(19-15-24-55(70)6-2)37-27(3)38(61)54-35(36(60)43(66)67)42(65)53-33(26-57)41(64)51-30(17-13-22-46)39(62)50-31(18-14-23-48-45(47)69)40(63)52-32(44(68)72-37)20-16-25-56(71)28(4)58/h6,27,29-33,35-37,57,60,70-71H,2,5,7-26,46H2,1,3-4H3,(H,49,59)(H,50,62)(H,51,64)(H,52,63)(H,53,65)(H,54,61)(H,66,67)(H3,47,48,69). The highest BCUT2D eigenvalue weighted by Crippen LogP contribution is 2.21. The van der Waals surface area contributed by atoms with Crippen LogP contribution in [0, 0.1) is 5.92 Å². The third-order valence-corrected chi connectivity index (χ3v) is 11.7. The molecule has 0 spiro atoms. The summed E-state index contributed by atoms with van der Waals surface area (Å²) in [5, 5.41) is 68.9. The Balaban J connectivity index is 4.14. The van der Waals surface area contributed by atoms with E-state index in [4.69, 9.17) is 16.2 Å². The van der Waals surface area contributed by atoms with E-state index in [0.29, 0.717) is 17.9 Å². The molecule has 0 aromatic heterocycles. The van der Waals surface area contributed by atoms with Gasteiger partial charge in [-0.3, -0.25) is 49.0 Å². The summed E-state index contributed by atoms with van der Waals surface area (Å²) in [6.07, 6.45) is 1.90. The number of nitrogens with zero attached hydrogens (tertiary/aromatic N) is 2. The highest BCUT2D eigenvalue weighted by Gasteiger charge is 2.42. The minimum Gasteiger partial charge on any atom is -0.479 e. The molecule has 0 radical (unpaired) electrons. The van der Waals surface area contributed by atoms with Crippen molar-refractivity contribution in [3.63, 3.8) is 0 Å². The monoisotopic (exact) mass is 1030 g/mol. The van der Waals surface area contributed by atoms with E-state index in [1.807, 2.05) is 0 Å². The second kappa shape index (κ2) is 35.0. The van der Waals surface area contributed by atoms with E-state index in [-0.39, 0.29) is 84.0 Å². The van der Waals surface area contributed by atoms with Gasteiger partial charge in [-0.1, -0.05) is 52.0 Å². The van der Waals surface area contributed by atoms with Crippen molar-refractivity contribution in [3.8, 4) is 0 Å². The van der Waals surface area contributed by atoms with E-state index in [9.17, 15) is 73.7 Å². The number of unbranched alkanes of at least 4 members (excludes halogenated alkanes) is 6. The molecule has 0 bridgehead atoms. The van der Waals surface area contributed by atoms with Crippen LogP contribution < -0.4 is 48.7 Å². The summed E-state index contributed by atoms with van der Waals surface area (Å²) in [6.45, 7) is 6.16. The number of primary amides is 1. The van der Waals surface area contributed by atoms with Crippen molar-refractivity contribution in [2.45, 2.75) is 172 Å². The lowest BCUT2D eigenvalue weighted by Gasteiger charge is -2.34. The Morgan fingerprint density at radius 2 is 1.32 bits per heavy atom. The van der Waals surface area contributed by atoms with Gasteiger partial charge in [-0.25, -0.2) is 19.4 Å². The number of nitrogens with one attached hydrogen (secondary N) is 7. The van der Waals surface area contributed by atoms with Crippen molar-refractivity contribution < 1.29 is 78.4 Å². The van der Waals surface area contributed by atoms with Crippen LogP contribution in [0.4, 0.5) is 4.79 Å². The summed E-state index contributed by atoms with van der Waals surface area (Å²) in [5.74, 6) is -12.2.